The largest absolute Gasteiger partial charge is 0.447 e. The molecule has 0 radical (unpaired) electrons. The SMILES string of the molecule is C=CC(=O)Nc1ccc(N(C)c2cnc([C@H](C)Nc3nccc(N4C(=O)OCC4C(C)C)n3)nc2)cc1. The van der Waals surface area contributed by atoms with Crippen molar-refractivity contribution in [3.05, 3.63) is 67.4 Å². The van der Waals surface area contributed by atoms with Crippen molar-refractivity contribution < 1.29 is 14.3 Å². The molecule has 2 amide bonds. The summed E-state index contributed by atoms with van der Waals surface area (Å²) in [6, 6.07) is 8.74. The van der Waals surface area contributed by atoms with Crippen molar-refractivity contribution in [2.75, 3.05) is 34.1 Å². The smallest absolute Gasteiger partial charge is 0.415 e. The van der Waals surface area contributed by atoms with Crippen LogP contribution in [0.1, 0.15) is 32.6 Å². The number of nitrogens with one attached hydrogen (secondary N) is 2. The molecule has 3 heterocycles. The van der Waals surface area contributed by atoms with Crippen molar-refractivity contribution in [3.8, 4) is 0 Å². The van der Waals surface area contributed by atoms with Crippen LogP contribution in [-0.2, 0) is 9.53 Å². The maximum absolute atomic E-state index is 12.3. The molecule has 11 heteroatoms. The standard InChI is InChI=1S/C26H30N8O3/c1-6-23(35)31-18-7-9-19(10-8-18)33(5)20-13-28-24(29-14-20)17(4)30-25-27-12-11-22(32-25)34-21(16(2)3)15-37-26(34)36/h6-14,16-17,21H,1,15H2,2-5H3,(H,31,35)(H,27,30,32)/t17-,21?/m0/s1. The maximum Gasteiger partial charge on any atom is 0.415 e. The first-order valence-electron chi connectivity index (χ1n) is 11.9. The van der Waals surface area contributed by atoms with Gasteiger partial charge >= 0.3 is 6.09 Å². The molecule has 0 spiro atoms. The first kappa shape index (κ1) is 25.5. The summed E-state index contributed by atoms with van der Waals surface area (Å²) in [5.74, 6) is 1.37. The van der Waals surface area contributed by atoms with Gasteiger partial charge in [0, 0.05) is 24.6 Å². The maximum atomic E-state index is 12.3. The highest BCUT2D eigenvalue weighted by Gasteiger charge is 2.37. The molecule has 192 valence electrons. The van der Waals surface area contributed by atoms with Gasteiger partial charge in [-0.15, -0.1) is 0 Å². The molecule has 2 atom stereocenters. The summed E-state index contributed by atoms with van der Waals surface area (Å²) in [5, 5.41) is 5.93. The van der Waals surface area contributed by atoms with E-state index in [9.17, 15) is 9.59 Å². The summed E-state index contributed by atoms with van der Waals surface area (Å²) < 4.78 is 5.23. The molecule has 0 saturated carbocycles. The zero-order chi connectivity index (χ0) is 26.5. The van der Waals surface area contributed by atoms with E-state index in [1.807, 2.05) is 57.0 Å². The zero-order valence-electron chi connectivity index (χ0n) is 21.3. The number of hydrogen-bond donors (Lipinski definition) is 2. The summed E-state index contributed by atoms with van der Waals surface area (Å²) in [7, 11) is 1.91. The molecule has 2 N–H and O–H groups in total. The summed E-state index contributed by atoms with van der Waals surface area (Å²) in [6.45, 7) is 9.78. The van der Waals surface area contributed by atoms with Gasteiger partial charge in [-0.3, -0.25) is 9.69 Å². The highest BCUT2D eigenvalue weighted by molar-refractivity contribution is 5.99. The number of carbonyl (C=O) groups excluding carboxylic acids is 2. The highest BCUT2D eigenvalue weighted by Crippen LogP contribution is 2.27. The minimum Gasteiger partial charge on any atom is -0.447 e. The first-order valence-corrected chi connectivity index (χ1v) is 11.9. The van der Waals surface area contributed by atoms with Gasteiger partial charge in [-0.2, -0.15) is 4.98 Å². The lowest BCUT2D eigenvalue weighted by molar-refractivity contribution is -0.111. The Kier molecular flexibility index (Phi) is 7.61. The van der Waals surface area contributed by atoms with E-state index in [4.69, 9.17) is 4.74 Å². The Bertz CT molecular complexity index is 1260. The van der Waals surface area contributed by atoms with Gasteiger partial charge in [-0.25, -0.2) is 19.7 Å². The second-order valence-corrected chi connectivity index (χ2v) is 8.96. The van der Waals surface area contributed by atoms with Gasteiger partial charge in [-0.05, 0) is 49.2 Å². The molecule has 1 aliphatic rings. The Morgan fingerprint density at radius 3 is 2.49 bits per heavy atom. The molecule has 1 saturated heterocycles. The average molecular weight is 503 g/mol. The highest BCUT2D eigenvalue weighted by atomic mass is 16.6. The van der Waals surface area contributed by atoms with Gasteiger partial charge in [0.05, 0.1) is 30.2 Å². The van der Waals surface area contributed by atoms with Crippen molar-refractivity contribution in [2.45, 2.75) is 32.9 Å². The number of ether oxygens (including phenoxy) is 1. The van der Waals surface area contributed by atoms with Crippen LogP contribution in [0.2, 0.25) is 0 Å². The van der Waals surface area contributed by atoms with E-state index in [2.05, 4.69) is 37.1 Å². The van der Waals surface area contributed by atoms with Crippen LogP contribution in [0.15, 0.2) is 61.6 Å². The van der Waals surface area contributed by atoms with Crippen LogP contribution < -0.4 is 20.4 Å². The number of carbonyl (C=O) groups is 2. The van der Waals surface area contributed by atoms with Crippen molar-refractivity contribution in [2.24, 2.45) is 5.92 Å². The van der Waals surface area contributed by atoms with Crippen LogP contribution >= 0.6 is 0 Å². The molecule has 1 aromatic carbocycles. The lowest BCUT2D eigenvalue weighted by Gasteiger charge is -2.23. The summed E-state index contributed by atoms with van der Waals surface area (Å²) in [6.07, 6.45) is 5.89. The fourth-order valence-corrected chi connectivity index (χ4v) is 3.84. The third kappa shape index (κ3) is 5.83. The van der Waals surface area contributed by atoms with Crippen molar-refractivity contribution in [1.29, 1.82) is 0 Å². The van der Waals surface area contributed by atoms with Crippen LogP contribution in [0, 0.1) is 5.92 Å². The quantitative estimate of drug-likeness (QED) is 0.412. The van der Waals surface area contributed by atoms with Gasteiger partial charge in [0.1, 0.15) is 18.2 Å². The number of hydrogen-bond acceptors (Lipinski definition) is 9. The number of amides is 2. The second kappa shape index (κ2) is 11.0. The normalized spacial score (nSPS) is 15.8. The van der Waals surface area contributed by atoms with E-state index in [1.165, 1.54) is 6.08 Å². The third-order valence-corrected chi connectivity index (χ3v) is 6.05. The van der Waals surface area contributed by atoms with E-state index in [0.717, 1.165) is 11.4 Å². The summed E-state index contributed by atoms with van der Waals surface area (Å²) in [4.78, 5) is 45.1. The topological polar surface area (TPSA) is 125 Å². The molecule has 11 nitrogen and oxygen atoms in total. The summed E-state index contributed by atoms with van der Waals surface area (Å²) >= 11 is 0. The minimum atomic E-state index is -0.407. The van der Waals surface area contributed by atoms with Crippen LogP contribution in [0.4, 0.5) is 33.6 Å². The van der Waals surface area contributed by atoms with Crippen molar-refractivity contribution in [1.82, 2.24) is 19.9 Å². The number of benzene rings is 1. The number of anilines is 5. The van der Waals surface area contributed by atoms with Crippen molar-refractivity contribution in [3.63, 3.8) is 0 Å². The summed E-state index contributed by atoms with van der Waals surface area (Å²) in [5.41, 5.74) is 2.38. The lowest BCUT2D eigenvalue weighted by Crippen LogP contribution is -2.37. The lowest BCUT2D eigenvalue weighted by atomic mass is 10.0. The van der Waals surface area contributed by atoms with Crippen molar-refractivity contribution >= 4 is 40.8 Å². The van der Waals surface area contributed by atoms with E-state index in [0.29, 0.717) is 29.9 Å². The van der Waals surface area contributed by atoms with E-state index in [1.54, 1.807) is 29.6 Å². The minimum absolute atomic E-state index is 0.0809. The Hall–Kier alpha value is -4.54. The molecule has 37 heavy (non-hydrogen) atoms. The van der Waals surface area contributed by atoms with Gasteiger partial charge < -0.3 is 20.3 Å². The number of aromatic nitrogens is 4. The fourth-order valence-electron chi connectivity index (χ4n) is 3.84. The van der Waals surface area contributed by atoms with E-state index in [-0.39, 0.29) is 23.9 Å². The molecule has 0 aliphatic carbocycles. The van der Waals surface area contributed by atoms with Crippen LogP contribution in [0.5, 0.6) is 0 Å². The Labute approximate surface area is 215 Å². The average Bonchev–Trinajstić information content (AvgIpc) is 3.30. The molecule has 0 bridgehead atoms. The molecule has 4 rings (SSSR count). The Morgan fingerprint density at radius 1 is 1.14 bits per heavy atom. The van der Waals surface area contributed by atoms with Gasteiger partial charge in [0.15, 0.2) is 0 Å². The van der Waals surface area contributed by atoms with Crippen LogP contribution in [0.25, 0.3) is 0 Å². The monoisotopic (exact) mass is 502 g/mol. The zero-order valence-corrected chi connectivity index (χ0v) is 21.3. The predicted octanol–water partition coefficient (Wildman–Crippen LogP) is 4.31. The van der Waals surface area contributed by atoms with Crippen LogP contribution in [-0.4, -0.2) is 51.6 Å². The van der Waals surface area contributed by atoms with Crippen LogP contribution in [0.3, 0.4) is 0 Å². The predicted molar refractivity (Wildman–Crippen MR) is 142 cm³/mol. The molecular formula is C26H30N8O3. The number of rotatable bonds is 9. The van der Waals surface area contributed by atoms with E-state index >= 15 is 0 Å². The molecule has 2 aromatic heterocycles. The number of nitrogens with zero attached hydrogens (tertiary/aromatic N) is 6. The Balaban J connectivity index is 1.42. The second-order valence-electron chi connectivity index (χ2n) is 8.96. The molecule has 1 aliphatic heterocycles. The molecule has 1 unspecified atom stereocenters. The molecule has 3 aromatic rings. The third-order valence-electron chi connectivity index (χ3n) is 6.05. The van der Waals surface area contributed by atoms with Gasteiger partial charge in [0.25, 0.3) is 0 Å². The number of cyclic esters (lactones) is 1. The fraction of sp³-hybridized carbons (Fsp3) is 0.308. The van der Waals surface area contributed by atoms with Gasteiger partial charge in [-0.1, -0.05) is 20.4 Å². The first-order chi connectivity index (χ1) is 17.8. The van der Waals surface area contributed by atoms with E-state index < -0.39 is 6.09 Å². The van der Waals surface area contributed by atoms with Gasteiger partial charge in [0.2, 0.25) is 11.9 Å². The molecule has 1 fully saturated rings. The molecular weight excluding hydrogens is 472 g/mol. The Morgan fingerprint density at radius 2 is 1.84 bits per heavy atom.